The fourth-order valence-corrected chi connectivity index (χ4v) is 2.26. The van der Waals surface area contributed by atoms with E-state index in [0.717, 1.165) is 18.9 Å². The van der Waals surface area contributed by atoms with Crippen LogP contribution in [0.3, 0.4) is 0 Å². The lowest BCUT2D eigenvalue weighted by atomic mass is 10.1. The molecule has 21 heavy (non-hydrogen) atoms. The average Bonchev–Trinajstić information content (AvgIpc) is 2.63. The average molecular weight is 295 g/mol. The predicted molar refractivity (Wildman–Crippen MR) is 70.5 cm³/mol. The van der Waals surface area contributed by atoms with E-state index < -0.39 is 35.6 Å². The normalized spacial score (nSPS) is 16.7. The van der Waals surface area contributed by atoms with Crippen LogP contribution < -0.4 is 4.90 Å². The Morgan fingerprint density at radius 2 is 2.05 bits per heavy atom. The smallest absolute Gasteiger partial charge is 0.339 e. The first-order chi connectivity index (χ1) is 9.69. The second-order valence-corrected chi connectivity index (χ2v) is 5.13. The van der Waals surface area contributed by atoms with Crippen molar-refractivity contribution in [1.82, 2.24) is 0 Å². The molecule has 0 saturated heterocycles. The number of halogens is 1. The van der Waals surface area contributed by atoms with Gasteiger partial charge in [-0.15, -0.1) is 0 Å². The van der Waals surface area contributed by atoms with Crippen molar-refractivity contribution in [3.63, 3.8) is 0 Å². The van der Waals surface area contributed by atoms with Gasteiger partial charge < -0.3 is 9.84 Å². The second kappa shape index (κ2) is 4.92. The molecule has 1 aromatic rings. The number of hydrogen-bond donors (Lipinski definition) is 1. The van der Waals surface area contributed by atoms with Gasteiger partial charge in [0.05, 0.1) is 24.9 Å². The Hall–Kier alpha value is -2.28. The Kier molecular flexibility index (Phi) is 3.54. The molecule has 0 bridgehead atoms. The van der Waals surface area contributed by atoms with E-state index in [2.05, 4.69) is 4.74 Å². The third-order valence-corrected chi connectivity index (χ3v) is 3.25. The molecule has 6 nitrogen and oxygen atoms in total. The molecule has 0 radical (unpaired) electrons. The lowest BCUT2D eigenvalue weighted by molar-refractivity contribution is -0.159. The summed E-state index contributed by atoms with van der Waals surface area (Å²) in [4.78, 5) is 36.1. The number of esters is 1. The SMILES string of the molecule is COC(=O)C(C)(O)CN1C(=O)C(=O)c2cc(C)cc(F)c21. The van der Waals surface area contributed by atoms with Crippen molar-refractivity contribution >= 4 is 23.3 Å². The number of nitrogens with zero attached hydrogens (tertiary/aromatic N) is 1. The highest BCUT2D eigenvalue weighted by molar-refractivity contribution is 6.52. The van der Waals surface area contributed by atoms with Gasteiger partial charge in [0.1, 0.15) is 5.82 Å². The highest BCUT2D eigenvalue weighted by Crippen LogP contribution is 2.33. The molecule has 7 heteroatoms. The minimum absolute atomic E-state index is 0.0711. The van der Waals surface area contributed by atoms with E-state index >= 15 is 0 Å². The van der Waals surface area contributed by atoms with Gasteiger partial charge in [0.2, 0.25) is 0 Å². The number of fused-ring (bicyclic) bond motifs is 1. The number of amides is 1. The zero-order valence-corrected chi connectivity index (χ0v) is 11.8. The molecular formula is C14H14FNO5. The van der Waals surface area contributed by atoms with Crippen LogP contribution in [0.15, 0.2) is 12.1 Å². The Labute approximate surface area is 120 Å². The van der Waals surface area contributed by atoms with E-state index in [1.54, 1.807) is 6.92 Å². The summed E-state index contributed by atoms with van der Waals surface area (Å²) in [6.45, 7) is 2.15. The molecule has 1 aliphatic rings. The van der Waals surface area contributed by atoms with Crippen LogP contribution >= 0.6 is 0 Å². The molecule has 0 saturated carbocycles. The van der Waals surface area contributed by atoms with E-state index in [1.165, 1.54) is 12.1 Å². The summed E-state index contributed by atoms with van der Waals surface area (Å²) in [5.74, 6) is -3.60. The highest BCUT2D eigenvalue weighted by atomic mass is 19.1. The largest absolute Gasteiger partial charge is 0.467 e. The van der Waals surface area contributed by atoms with Gasteiger partial charge in [-0.2, -0.15) is 0 Å². The molecule has 1 unspecified atom stereocenters. The summed E-state index contributed by atoms with van der Waals surface area (Å²) in [7, 11) is 1.08. The standard InChI is InChI=1S/C14H14FNO5/c1-7-4-8-10(9(15)5-7)16(12(18)11(8)17)6-14(2,20)13(19)21-3/h4-5,20H,6H2,1-3H3. The Bertz CT molecular complexity index is 653. The highest BCUT2D eigenvalue weighted by Gasteiger charge is 2.44. The topological polar surface area (TPSA) is 83.9 Å². The van der Waals surface area contributed by atoms with Gasteiger partial charge in [0.15, 0.2) is 5.60 Å². The van der Waals surface area contributed by atoms with Crippen LogP contribution in [0.1, 0.15) is 22.8 Å². The van der Waals surface area contributed by atoms with Gasteiger partial charge >= 0.3 is 5.97 Å². The summed E-state index contributed by atoms with van der Waals surface area (Å²) < 4.78 is 18.5. The van der Waals surface area contributed by atoms with Crippen LogP contribution in [0.2, 0.25) is 0 Å². The first-order valence-electron chi connectivity index (χ1n) is 6.16. The van der Waals surface area contributed by atoms with Crippen LogP contribution in [0.4, 0.5) is 10.1 Å². The molecule has 1 aromatic carbocycles. The summed E-state index contributed by atoms with van der Waals surface area (Å²) in [5, 5.41) is 10.0. The number of Topliss-reactive ketones (excluding diaryl/α,β-unsaturated/α-hetero) is 1. The molecule has 2 rings (SSSR count). The van der Waals surface area contributed by atoms with Crippen molar-refractivity contribution < 1.29 is 28.6 Å². The minimum atomic E-state index is -2.05. The summed E-state index contributed by atoms with van der Waals surface area (Å²) in [5.41, 5.74) is -1.85. The zero-order chi connectivity index (χ0) is 15.9. The number of methoxy groups -OCH3 is 1. The number of ketones is 1. The number of aryl methyl sites for hydroxylation is 1. The number of ether oxygens (including phenoxy) is 1. The third kappa shape index (κ3) is 2.40. The van der Waals surface area contributed by atoms with E-state index in [1.807, 2.05) is 0 Å². The number of anilines is 1. The van der Waals surface area contributed by atoms with Crippen molar-refractivity contribution in [1.29, 1.82) is 0 Å². The van der Waals surface area contributed by atoms with Gasteiger partial charge in [-0.3, -0.25) is 14.5 Å². The lowest BCUT2D eigenvalue weighted by Gasteiger charge is -2.26. The Balaban J connectivity index is 2.47. The van der Waals surface area contributed by atoms with E-state index in [4.69, 9.17) is 0 Å². The predicted octanol–water partition coefficient (Wildman–Crippen LogP) is 0.587. The van der Waals surface area contributed by atoms with E-state index in [9.17, 15) is 23.9 Å². The molecule has 1 heterocycles. The maximum atomic E-state index is 14.1. The van der Waals surface area contributed by atoms with Gasteiger partial charge in [-0.25, -0.2) is 9.18 Å². The van der Waals surface area contributed by atoms with Crippen molar-refractivity contribution in [3.8, 4) is 0 Å². The monoisotopic (exact) mass is 295 g/mol. The van der Waals surface area contributed by atoms with Crippen LogP contribution in [0.25, 0.3) is 0 Å². The third-order valence-electron chi connectivity index (χ3n) is 3.25. The lowest BCUT2D eigenvalue weighted by Crippen LogP contribution is -2.49. The number of rotatable bonds is 3. The van der Waals surface area contributed by atoms with E-state index in [0.29, 0.717) is 5.56 Å². The summed E-state index contributed by atoms with van der Waals surface area (Å²) >= 11 is 0. The molecule has 0 fully saturated rings. The van der Waals surface area contributed by atoms with Gasteiger partial charge in [0, 0.05) is 0 Å². The Morgan fingerprint density at radius 3 is 2.62 bits per heavy atom. The molecule has 0 aliphatic carbocycles. The van der Waals surface area contributed by atoms with Gasteiger partial charge in [-0.1, -0.05) is 0 Å². The quantitative estimate of drug-likeness (QED) is 0.651. The van der Waals surface area contributed by atoms with Gasteiger partial charge in [-0.05, 0) is 31.5 Å². The number of carbonyl (C=O) groups is 3. The van der Waals surface area contributed by atoms with Crippen molar-refractivity contribution in [2.75, 3.05) is 18.6 Å². The second-order valence-electron chi connectivity index (χ2n) is 5.13. The van der Waals surface area contributed by atoms with Crippen LogP contribution in [0.5, 0.6) is 0 Å². The van der Waals surface area contributed by atoms with Crippen molar-refractivity contribution in [2.24, 2.45) is 0 Å². The van der Waals surface area contributed by atoms with Crippen molar-refractivity contribution in [2.45, 2.75) is 19.4 Å². The van der Waals surface area contributed by atoms with Crippen LogP contribution in [0, 0.1) is 12.7 Å². The first kappa shape index (κ1) is 15.1. The first-order valence-corrected chi connectivity index (χ1v) is 6.16. The fraction of sp³-hybridized carbons (Fsp3) is 0.357. The number of aliphatic hydroxyl groups is 1. The molecule has 112 valence electrons. The van der Waals surface area contributed by atoms with Crippen molar-refractivity contribution in [3.05, 3.63) is 29.1 Å². The number of carbonyl (C=O) groups excluding carboxylic acids is 3. The number of hydrogen-bond acceptors (Lipinski definition) is 5. The fourth-order valence-electron chi connectivity index (χ4n) is 2.26. The minimum Gasteiger partial charge on any atom is -0.467 e. The Morgan fingerprint density at radius 1 is 1.43 bits per heavy atom. The van der Waals surface area contributed by atoms with Gasteiger partial charge in [0.25, 0.3) is 11.7 Å². The van der Waals surface area contributed by atoms with Crippen LogP contribution in [-0.2, 0) is 14.3 Å². The van der Waals surface area contributed by atoms with E-state index in [-0.39, 0.29) is 11.3 Å². The zero-order valence-electron chi connectivity index (χ0n) is 11.8. The molecule has 0 spiro atoms. The summed E-state index contributed by atoms with van der Waals surface area (Å²) in [6, 6.07) is 2.57. The molecule has 1 aliphatic heterocycles. The molecule has 0 aromatic heterocycles. The molecule has 1 atom stereocenters. The molecule has 1 N–H and O–H groups in total. The summed E-state index contributed by atoms with van der Waals surface area (Å²) in [6.07, 6.45) is 0. The maximum absolute atomic E-state index is 14.1. The molecular weight excluding hydrogens is 281 g/mol. The van der Waals surface area contributed by atoms with Crippen LogP contribution in [-0.4, -0.2) is 42.0 Å². The number of benzene rings is 1. The maximum Gasteiger partial charge on any atom is 0.339 e. The molecule has 1 amide bonds. The number of β-amino-alcohol motifs (C(OH)–C–C–N with tert-alkyl or cyclic N) is 1.